The molecule has 0 heterocycles. The SMILES string of the molecule is O=C(N/N=C/c1cccc2cc3cccc(/C=N/NC(=O)c4ccccc4)c3cc12)c1ccccc1. The lowest BCUT2D eigenvalue weighted by atomic mass is 9.97. The molecule has 0 spiro atoms. The van der Waals surface area contributed by atoms with Gasteiger partial charge in [0.25, 0.3) is 11.8 Å². The van der Waals surface area contributed by atoms with Crippen LogP contribution in [0.1, 0.15) is 31.8 Å². The number of carbonyl (C=O) groups excluding carboxylic acids is 2. The minimum absolute atomic E-state index is 0.270. The van der Waals surface area contributed by atoms with Crippen molar-refractivity contribution in [3.8, 4) is 0 Å². The van der Waals surface area contributed by atoms with Crippen LogP contribution in [0.4, 0.5) is 0 Å². The summed E-state index contributed by atoms with van der Waals surface area (Å²) in [5.74, 6) is -0.540. The molecule has 0 aromatic heterocycles. The fourth-order valence-electron chi connectivity index (χ4n) is 3.95. The van der Waals surface area contributed by atoms with Crippen molar-refractivity contribution in [2.45, 2.75) is 0 Å². The number of hydrogen-bond acceptors (Lipinski definition) is 4. The third kappa shape index (κ3) is 5.03. The average molecular weight is 471 g/mol. The molecule has 0 aliphatic rings. The Morgan fingerprint density at radius 3 is 1.42 bits per heavy atom. The Labute approximate surface area is 208 Å². The second-order valence-electron chi connectivity index (χ2n) is 8.12. The Hall–Kier alpha value is -5.10. The van der Waals surface area contributed by atoms with Crippen molar-refractivity contribution in [3.05, 3.63) is 131 Å². The number of rotatable bonds is 6. The maximum atomic E-state index is 12.3. The molecule has 0 aliphatic heterocycles. The standard InChI is InChI=1S/C30H22N4O2/c35-29(21-9-3-1-4-10-21)33-31-19-25-15-7-13-23-17-24-14-8-16-26(28(24)18-27(23)25)20-32-34-30(36)22-11-5-2-6-12-22/h1-20H,(H,33,35)(H,34,36)/b31-19+,32-20+. The molecule has 36 heavy (non-hydrogen) atoms. The summed E-state index contributed by atoms with van der Waals surface area (Å²) in [5.41, 5.74) is 7.99. The number of nitrogens with zero attached hydrogens (tertiary/aromatic N) is 2. The van der Waals surface area contributed by atoms with Crippen LogP contribution in [-0.4, -0.2) is 24.2 Å². The van der Waals surface area contributed by atoms with E-state index in [2.05, 4.69) is 33.2 Å². The molecule has 0 saturated carbocycles. The number of hydrazone groups is 2. The van der Waals surface area contributed by atoms with Gasteiger partial charge in [0.1, 0.15) is 0 Å². The molecule has 2 N–H and O–H groups in total. The van der Waals surface area contributed by atoms with Crippen LogP contribution in [0.3, 0.4) is 0 Å². The highest BCUT2D eigenvalue weighted by molar-refractivity contribution is 6.10. The summed E-state index contributed by atoms with van der Waals surface area (Å²) in [6.07, 6.45) is 3.29. The smallest absolute Gasteiger partial charge is 0.267 e. The highest BCUT2D eigenvalue weighted by Gasteiger charge is 2.07. The molecule has 0 saturated heterocycles. The predicted molar refractivity (Wildman–Crippen MR) is 144 cm³/mol. The summed E-state index contributed by atoms with van der Waals surface area (Å²) in [5, 5.41) is 12.4. The summed E-state index contributed by atoms with van der Waals surface area (Å²) < 4.78 is 0. The van der Waals surface area contributed by atoms with Crippen LogP contribution in [0.15, 0.2) is 119 Å². The fraction of sp³-hybridized carbons (Fsp3) is 0. The van der Waals surface area contributed by atoms with Crippen molar-refractivity contribution in [2.24, 2.45) is 10.2 Å². The molecule has 0 radical (unpaired) electrons. The lowest BCUT2D eigenvalue weighted by Gasteiger charge is -2.08. The Morgan fingerprint density at radius 2 is 0.972 bits per heavy atom. The lowest BCUT2D eigenvalue weighted by Crippen LogP contribution is -2.17. The van der Waals surface area contributed by atoms with E-state index in [9.17, 15) is 9.59 Å². The number of carbonyl (C=O) groups is 2. The van der Waals surface area contributed by atoms with E-state index in [1.807, 2.05) is 72.8 Å². The third-order valence-corrected chi connectivity index (χ3v) is 5.76. The number of hydrogen-bond donors (Lipinski definition) is 2. The zero-order valence-corrected chi connectivity index (χ0v) is 19.3. The summed E-state index contributed by atoms with van der Waals surface area (Å²) in [6, 6.07) is 34.0. The maximum absolute atomic E-state index is 12.3. The second kappa shape index (κ2) is 10.4. The molecule has 2 amide bonds. The van der Waals surface area contributed by atoms with Gasteiger partial charge in [-0.25, -0.2) is 10.9 Å². The minimum atomic E-state index is -0.270. The van der Waals surface area contributed by atoms with Crippen LogP contribution in [0.2, 0.25) is 0 Å². The molecule has 0 fully saturated rings. The van der Waals surface area contributed by atoms with Gasteiger partial charge in [0.05, 0.1) is 12.4 Å². The highest BCUT2D eigenvalue weighted by atomic mass is 16.2. The topological polar surface area (TPSA) is 82.9 Å². The van der Waals surface area contributed by atoms with E-state index in [0.29, 0.717) is 11.1 Å². The first-order valence-electron chi connectivity index (χ1n) is 11.4. The Balaban J connectivity index is 1.41. The molecule has 0 aliphatic carbocycles. The van der Waals surface area contributed by atoms with Crippen LogP contribution in [0.5, 0.6) is 0 Å². The van der Waals surface area contributed by atoms with Gasteiger partial charge < -0.3 is 0 Å². The van der Waals surface area contributed by atoms with E-state index in [1.54, 1.807) is 36.7 Å². The lowest BCUT2D eigenvalue weighted by molar-refractivity contribution is 0.0947. The third-order valence-electron chi connectivity index (χ3n) is 5.76. The van der Waals surface area contributed by atoms with Crippen molar-refractivity contribution in [2.75, 3.05) is 0 Å². The largest absolute Gasteiger partial charge is 0.271 e. The van der Waals surface area contributed by atoms with Crippen LogP contribution in [0, 0.1) is 0 Å². The molecule has 0 bridgehead atoms. The minimum Gasteiger partial charge on any atom is -0.267 e. The van der Waals surface area contributed by atoms with Gasteiger partial charge in [-0.15, -0.1) is 0 Å². The van der Waals surface area contributed by atoms with Crippen LogP contribution in [0.25, 0.3) is 21.5 Å². The van der Waals surface area contributed by atoms with Gasteiger partial charge in [0, 0.05) is 22.3 Å². The first kappa shape index (κ1) is 22.7. The molecular weight excluding hydrogens is 448 g/mol. The Kier molecular flexibility index (Phi) is 6.58. The molecule has 0 atom stereocenters. The number of nitrogens with one attached hydrogen (secondary N) is 2. The van der Waals surface area contributed by atoms with Crippen molar-refractivity contribution in [1.82, 2.24) is 10.9 Å². The van der Waals surface area contributed by atoms with Gasteiger partial charge in [-0.05, 0) is 57.9 Å². The molecule has 5 aromatic rings. The monoisotopic (exact) mass is 470 g/mol. The first-order valence-corrected chi connectivity index (χ1v) is 11.4. The number of amides is 2. The molecule has 5 aromatic carbocycles. The van der Waals surface area contributed by atoms with Gasteiger partial charge in [0.2, 0.25) is 0 Å². The zero-order chi connectivity index (χ0) is 24.7. The summed E-state index contributed by atoms with van der Waals surface area (Å²) >= 11 is 0. The fourth-order valence-corrected chi connectivity index (χ4v) is 3.95. The Morgan fingerprint density at radius 1 is 0.528 bits per heavy atom. The van der Waals surface area contributed by atoms with Crippen molar-refractivity contribution >= 4 is 45.8 Å². The molecule has 5 rings (SSSR count). The van der Waals surface area contributed by atoms with Gasteiger partial charge in [0.15, 0.2) is 0 Å². The van der Waals surface area contributed by atoms with E-state index < -0.39 is 0 Å². The maximum Gasteiger partial charge on any atom is 0.271 e. The molecular formula is C30H22N4O2. The van der Waals surface area contributed by atoms with Crippen molar-refractivity contribution in [1.29, 1.82) is 0 Å². The quantitative estimate of drug-likeness (QED) is 0.195. The predicted octanol–water partition coefficient (Wildman–Crippen LogP) is 5.52. The van der Waals surface area contributed by atoms with E-state index in [1.165, 1.54) is 0 Å². The number of benzene rings is 5. The van der Waals surface area contributed by atoms with Gasteiger partial charge >= 0.3 is 0 Å². The van der Waals surface area contributed by atoms with Crippen LogP contribution >= 0.6 is 0 Å². The summed E-state index contributed by atoms with van der Waals surface area (Å²) in [4.78, 5) is 24.6. The van der Waals surface area contributed by atoms with E-state index >= 15 is 0 Å². The summed E-state index contributed by atoms with van der Waals surface area (Å²) in [6.45, 7) is 0. The summed E-state index contributed by atoms with van der Waals surface area (Å²) in [7, 11) is 0. The first-order chi connectivity index (χ1) is 17.7. The van der Waals surface area contributed by atoms with E-state index in [0.717, 1.165) is 32.7 Å². The van der Waals surface area contributed by atoms with Crippen molar-refractivity contribution in [3.63, 3.8) is 0 Å². The van der Waals surface area contributed by atoms with Gasteiger partial charge in [-0.2, -0.15) is 10.2 Å². The molecule has 6 nitrogen and oxygen atoms in total. The van der Waals surface area contributed by atoms with Crippen molar-refractivity contribution < 1.29 is 9.59 Å². The van der Waals surface area contributed by atoms with Crippen LogP contribution in [-0.2, 0) is 0 Å². The highest BCUT2D eigenvalue weighted by Crippen LogP contribution is 2.27. The van der Waals surface area contributed by atoms with Crippen LogP contribution < -0.4 is 10.9 Å². The average Bonchev–Trinajstić information content (AvgIpc) is 2.93. The van der Waals surface area contributed by atoms with Gasteiger partial charge in [-0.3, -0.25) is 9.59 Å². The Bertz CT molecular complexity index is 1490. The molecule has 6 heteroatoms. The van der Waals surface area contributed by atoms with Gasteiger partial charge in [-0.1, -0.05) is 72.8 Å². The van der Waals surface area contributed by atoms with E-state index in [-0.39, 0.29) is 11.8 Å². The number of fused-ring (bicyclic) bond motifs is 2. The molecule has 0 unspecified atom stereocenters. The van der Waals surface area contributed by atoms with E-state index in [4.69, 9.17) is 0 Å². The molecule has 174 valence electrons. The normalized spacial score (nSPS) is 11.3. The second-order valence-corrected chi connectivity index (χ2v) is 8.12. The zero-order valence-electron chi connectivity index (χ0n) is 19.3.